The Labute approximate surface area is 136 Å². The van der Waals surface area contributed by atoms with Gasteiger partial charge in [0, 0.05) is 6.54 Å². The minimum atomic E-state index is -1.63. The Balaban J connectivity index is 5.58. The summed E-state index contributed by atoms with van der Waals surface area (Å²) < 4.78 is 10.4. The average Bonchev–Trinajstić information content (AvgIpc) is 2.29. The van der Waals surface area contributed by atoms with Crippen molar-refractivity contribution in [1.82, 2.24) is 0 Å². The first-order chi connectivity index (χ1) is 10.2. The molecule has 0 aromatic carbocycles. The predicted molar refractivity (Wildman–Crippen MR) is 83.3 cm³/mol. The summed E-state index contributed by atoms with van der Waals surface area (Å²) in [7, 11) is 0. The maximum absolute atomic E-state index is 12.3. The van der Waals surface area contributed by atoms with Crippen LogP contribution in [0.2, 0.25) is 0 Å². The molecule has 0 aromatic rings. The zero-order chi connectivity index (χ0) is 18.6. The molecule has 0 aliphatic carbocycles. The van der Waals surface area contributed by atoms with Crippen molar-refractivity contribution in [2.24, 2.45) is 23.3 Å². The molecule has 8 heteroatoms. The number of carbonyl (C=O) groups excluding carboxylic acids is 2. The number of hydrogen-bond donors (Lipinski definition) is 3. The van der Waals surface area contributed by atoms with E-state index in [-0.39, 0.29) is 6.54 Å². The molecule has 23 heavy (non-hydrogen) atoms. The van der Waals surface area contributed by atoms with Crippen LogP contribution < -0.4 is 11.5 Å². The molecule has 0 bridgehead atoms. The molecule has 0 radical (unpaired) electrons. The van der Waals surface area contributed by atoms with E-state index >= 15 is 0 Å². The van der Waals surface area contributed by atoms with Gasteiger partial charge in [0.25, 0.3) is 0 Å². The standard InChI is InChI=1S/C15H28N2O6/c1-14(2,3)22-12(20)8(7-16)9(10(17)11(18)19)13(21)23-15(4,5)6/h8-10H,7,16-17H2,1-6H3,(H,18,19). The van der Waals surface area contributed by atoms with E-state index in [0.717, 1.165) is 0 Å². The van der Waals surface area contributed by atoms with Crippen LogP contribution in [-0.4, -0.2) is 46.8 Å². The van der Waals surface area contributed by atoms with Gasteiger partial charge >= 0.3 is 17.9 Å². The fraction of sp³-hybridized carbons (Fsp3) is 0.800. The quantitative estimate of drug-likeness (QED) is 0.588. The summed E-state index contributed by atoms with van der Waals surface area (Å²) in [6, 6.07) is -1.63. The minimum Gasteiger partial charge on any atom is -0.480 e. The highest BCUT2D eigenvalue weighted by Crippen LogP contribution is 2.23. The lowest BCUT2D eigenvalue weighted by Crippen LogP contribution is -2.52. The number of ether oxygens (including phenoxy) is 2. The molecule has 0 aliphatic heterocycles. The molecular formula is C15H28N2O6. The van der Waals surface area contributed by atoms with E-state index in [2.05, 4.69) is 0 Å². The van der Waals surface area contributed by atoms with Gasteiger partial charge in [-0.3, -0.25) is 14.4 Å². The molecule has 0 spiro atoms. The summed E-state index contributed by atoms with van der Waals surface area (Å²) in [6.07, 6.45) is 0. The van der Waals surface area contributed by atoms with Crippen molar-refractivity contribution in [3.63, 3.8) is 0 Å². The van der Waals surface area contributed by atoms with Crippen LogP contribution in [0.15, 0.2) is 0 Å². The van der Waals surface area contributed by atoms with Gasteiger partial charge in [-0.1, -0.05) is 0 Å². The summed E-state index contributed by atoms with van der Waals surface area (Å²) in [6.45, 7) is 9.53. The van der Waals surface area contributed by atoms with E-state index in [0.29, 0.717) is 0 Å². The van der Waals surface area contributed by atoms with Gasteiger partial charge in [-0.05, 0) is 41.5 Å². The zero-order valence-corrected chi connectivity index (χ0v) is 14.6. The van der Waals surface area contributed by atoms with E-state index in [1.807, 2.05) is 0 Å². The molecule has 0 fully saturated rings. The monoisotopic (exact) mass is 332 g/mol. The second kappa shape index (κ2) is 7.74. The Bertz CT molecular complexity index is 450. The maximum Gasteiger partial charge on any atom is 0.321 e. The molecule has 5 N–H and O–H groups in total. The fourth-order valence-corrected chi connectivity index (χ4v) is 1.85. The summed E-state index contributed by atoms with van der Waals surface area (Å²) in [5.41, 5.74) is 9.50. The van der Waals surface area contributed by atoms with E-state index in [4.69, 9.17) is 26.0 Å². The Hall–Kier alpha value is -1.67. The second-order valence-electron chi connectivity index (χ2n) is 7.30. The van der Waals surface area contributed by atoms with E-state index < -0.39 is 47.0 Å². The lowest BCUT2D eigenvalue weighted by atomic mass is 9.85. The first-order valence-corrected chi connectivity index (χ1v) is 7.33. The number of aliphatic carboxylic acids is 1. The lowest BCUT2D eigenvalue weighted by Gasteiger charge is -2.31. The molecular weight excluding hydrogens is 304 g/mol. The minimum absolute atomic E-state index is 0.292. The van der Waals surface area contributed by atoms with Gasteiger partial charge in [0.1, 0.15) is 17.2 Å². The average molecular weight is 332 g/mol. The van der Waals surface area contributed by atoms with Crippen molar-refractivity contribution in [1.29, 1.82) is 0 Å². The number of carboxylic acids is 1. The molecule has 0 aromatic heterocycles. The third-order valence-corrected chi connectivity index (χ3v) is 2.75. The number of hydrogen-bond acceptors (Lipinski definition) is 7. The van der Waals surface area contributed by atoms with Gasteiger partial charge in [0.15, 0.2) is 0 Å². The Morgan fingerprint density at radius 2 is 1.35 bits per heavy atom. The highest BCUT2D eigenvalue weighted by atomic mass is 16.6. The number of carboxylic acid groups (broad SMARTS) is 1. The van der Waals surface area contributed by atoms with E-state index in [1.165, 1.54) is 0 Å². The van der Waals surface area contributed by atoms with Crippen molar-refractivity contribution in [2.75, 3.05) is 6.54 Å². The number of rotatable bonds is 6. The van der Waals surface area contributed by atoms with Crippen molar-refractivity contribution >= 4 is 17.9 Å². The topological polar surface area (TPSA) is 142 Å². The molecule has 0 aliphatic rings. The van der Waals surface area contributed by atoms with Crippen LogP contribution in [0.3, 0.4) is 0 Å². The Morgan fingerprint density at radius 1 is 0.957 bits per heavy atom. The largest absolute Gasteiger partial charge is 0.480 e. The van der Waals surface area contributed by atoms with Crippen LogP contribution in [-0.2, 0) is 23.9 Å². The summed E-state index contributed by atoms with van der Waals surface area (Å²) in [4.78, 5) is 35.8. The van der Waals surface area contributed by atoms with Gasteiger partial charge in [0.05, 0.1) is 11.8 Å². The number of nitrogens with two attached hydrogens (primary N) is 2. The molecule has 0 amide bonds. The van der Waals surface area contributed by atoms with Crippen LogP contribution >= 0.6 is 0 Å². The first kappa shape index (κ1) is 21.3. The third-order valence-electron chi connectivity index (χ3n) is 2.75. The van der Waals surface area contributed by atoms with Crippen molar-refractivity contribution in [3.05, 3.63) is 0 Å². The van der Waals surface area contributed by atoms with Crippen LogP contribution in [0.25, 0.3) is 0 Å². The molecule has 0 rings (SSSR count). The first-order valence-electron chi connectivity index (χ1n) is 7.33. The van der Waals surface area contributed by atoms with Crippen LogP contribution in [0.1, 0.15) is 41.5 Å². The summed E-state index contributed by atoms with van der Waals surface area (Å²) in [5.74, 6) is -5.76. The SMILES string of the molecule is CC(C)(C)OC(=O)C(CN)C(C(=O)OC(C)(C)C)C(N)C(=O)O. The molecule has 134 valence electrons. The zero-order valence-electron chi connectivity index (χ0n) is 14.6. The molecule has 0 saturated heterocycles. The van der Waals surface area contributed by atoms with Gasteiger partial charge in [0.2, 0.25) is 0 Å². The fourth-order valence-electron chi connectivity index (χ4n) is 1.85. The van der Waals surface area contributed by atoms with Crippen LogP contribution in [0, 0.1) is 11.8 Å². The lowest BCUT2D eigenvalue weighted by molar-refractivity contribution is -0.175. The van der Waals surface area contributed by atoms with Crippen LogP contribution in [0.4, 0.5) is 0 Å². The Kier molecular flexibility index (Phi) is 7.18. The van der Waals surface area contributed by atoms with Crippen molar-refractivity contribution in [2.45, 2.75) is 58.8 Å². The van der Waals surface area contributed by atoms with Gasteiger partial charge in [-0.25, -0.2) is 0 Å². The normalized spacial score (nSPS) is 16.2. The van der Waals surface area contributed by atoms with Crippen LogP contribution in [0.5, 0.6) is 0 Å². The van der Waals surface area contributed by atoms with Gasteiger partial charge < -0.3 is 26.0 Å². The smallest absolute Gasteiger partial charge is 0.321 e. The maximum atomic E-state index is 12.3. The van der Waals surface area contributed by atoms with E-state index in [9.17, 15) is 14.4 Å². The van der Waals surface area contributed by atoms with Gasteiger partial charge in [-0.2, -0.15) is 0 Å². The van der Waals surface area contributed by atoms with E-state index in [1.54, 1.807) is 41.5 Å². The van der Waals surface area contributed by atoms with Crippen molar-refractivity contribution in [3.8, 4) is 0 Å². The molecule has 3 atom stereocenters. The highest BCUT2D eigenvalue weighted by Gasteiger charge is 2.44. The predicted octanol–water partition coefficient (Wildman–Crippen LogP) is 0.273. The highest BCUT2D eigenvalue weighted by molar-refractivity contribution is 5.88. The summed E-state index contributed by atoms with van der Waals surface area (Å²) in [5, 5.41) is 9.13. The number of carbonyl (C=O) groups is 3. The van der Waals surface area contributed by atoms with Crippen molar-refractivity contribution < 1.29 is 29.0 Å². The third kappa shape index (κ3) is 7.43. The molecule has 3 unspecified atom stereocenters. The Morgan fingerprint density at radius 3 is 1.65 bits per heavy atom. The molecule has 8 nitrogen and oxygen atoms in total. The molecule has 0 saturated carbocycles. The molecule has 0 heterocycles. The number of esters is 2. The van der Waals surface area contributed by atoms with Gasteiger partial charge in [-0.15, -0.1) is 0 Å². The second-order valence-corrected chi connectivity index (χ2v) is 7.30. The summed E-state index contributed by atoms with van der Waals surface area (Å²) >= 11 is 0.